The molecule has 0 radical (unpaired) electrons. The first kappa shape index (κ1) is 13.8. The van der Waals surface area contributed by atoms with E-state index in [0.717, 1.165) is 32.7 Å². The molecule has 2 heterocycles. The van der Waals surface area contributed by atoms with Gasteiger partial charge in [0, 0.05) is 26.2 Å². The van der Waals surface area contributed by atoms with Crippen LogP contribution in [0, 0.1) is 11.8 Å². The quantitative estimate of drug-likeness (QED) is 0.759. The maximum absolute atomic E-state index is 12.1. The molecule has 0 bridgehead atoms. The van der Waals surface area contributed by atoms with E-state index >= 15 is 0 Å². The fourth-order valence-corrected chi connectivity index (χ4v) is 2.92. The van der Waals surface area contributed by atoms with E-state index in [0.29, 0.717) is 11.8 Å². The number of likely N-dealkylation sites (tertiary alicyclic amines) is 2. The summed E-state index contributed by atoms with van der Waals surface area (Å²) >= 11 is 0. The summed E-state index contributed by atoms with van der Waals surface area (Å²) < 4.78 is 5.57. The van der Waals surface area contributed by atoms with Crippen LogP contribution in [0.4, 0.5) is 0 Å². The number of fused-ring (bicyclic) bond motifs is 1. The third kappa shape index (κ3) is 3.23. The summed E-state index contributed by atoms with van der Waals surface area (Å²) in [4.78, 5) is 16.5. The molecule has 0 aliphatic carbocycles. The van der Waals surface area contributed by atoms with Gasteiger partial charge >= 0.3 is 0 Å². The molecule has 0 aromatic heterocycles. The van der Waals surface area contributed by atoms with Gasteiger partial charge in [-0.25, -0.2) is 0 Å². The molecule has 2 aliphatic rings. The van der Waals surface area contributed by atoms with Gasteiger partial charge in [-0.3, -0.25) is 4.79 Å². The zero-order valence-electron chi connectivity index (χ0n) is 12.1. The number of hydrogen-bond donors (Lipinski definition) is 0. The molecule has 2 rings (SSSR count). The van der Waals surface area contributed by atoms with E-state index in [-0.39, 0.29) is 18.1 Å². The Labute approximate surface area is 110 Å². The lowest BCUT2D eigenvalue weighted by Gasteiger charge is -2.24. The Morgan fingerprint density at radius 2 is 1.72 bits per heavy atom. The lowest BCUT2D eigenvalue weighted by Crippen LogP contribution is -2.37. The second kappa shape index (κ2) is 5.17. The summed E-state index contributed by atoms with van der Waals surface area (Å²) in [5.74, 6) is 1.52. The number of hydrogen-bond acceptors (Lipinski definition) is 3. The minimum Gasteiger partial charge on any atom is -0.366 e. The third-order valence-electron chi connectivity index (χ3n) is 3.99. The smallest absolute Gasteiger partial charge is 0.248 e. The highest BCUT2D eigenvalue weighted by molar-refractivity contribution is 5.77. The molecule has 2 aliphatic heterocycles. The van der Waals surface area contributed by atoms with Crippen LogP contribution in [0.15, 0.2) is 0 Å². The van der Waals surface area contributed by atoms with Crippen molar-refractivity contribution in [3.8, 4) is 0 Å². The van der Waals surface area contributed by atoms with Crippen molar-refractivity contribution in [3.63, 3.8) is 0 Å². The van der Waals surface area contributed by atoms with Crippen molar-refractivity contribution in [1.29, 1.82) is 0 Å². The number of nitrogens with zero attached hydrogens (tertiary/aromatic N) is 2. The average Bonchev–Trinajstić information content (AvgIpc) is 2.81. The maximum atomic E-state index is 12.1. The third-order valence-corrected chi connectivity index (χ3v) is 3.99. The van der Waals surface area contributed by atoms with Crippen molar-refractivity contribution >= 4 is 5.91 Å². The molecular formula is C14H26N2O2. The van der Waals surface area contributed by atoms with E-state index in [1.807, 2.05) is 25.7 Å². The van der Waals surface area contributed by atoms with E-state index in [2.05, 4.69) is 11.8 Å². The largest absolute Gasteiger partial charge is 0.366 e. The molecule has 2 unspecified atom stereocenters. The molecule has 4 heteroatoms. The Kier molecular flexibility index (Phi) is 3.97. The minimum atomic E-state index is -0.232. The number of ether oxygens (including phenoxy) is 1. The van der Waals surface area contributed by atoms with Gasteiger partial charge in [0.1, 0.15) is 6.61 Å². The Balaban J connectivity index is 1.79. The van der Waals surface area contributed by atoms with Gasteiger partial charge in [0.25, 0.3) is 0 Å². The van der Waals surface area contributed by atoms with Gasteiger partial charge < -0.3 is 14.5 Å². The fraction of sp³-hybridized carbons (Fsp3) is 0.929. The van der Waals surface area contributed by atoms with E-state index in [1.54, 1.807) is 0 Å². The summed E-state index contributed by atoms with van der Waals surface area (Å²) in [5.41, 5.74) is -0.232. The van der Waals surface area contributed by atoms with Crippen LogP contribution in [0.3, 0.4) is 0 Å². The summed E-state index contributed by atoms with van der Waals surface area (Å²) in [6, 6.07) is 0. The first-order chi connectivity index (χ1) is 8.39. The van der Waals surface area contributed by atoms with Crippen molar-refractivity contribution in [3.05, 3.63) is 0 Å². The number of carbonyl (C=O) groups excluding carboxylic acids is 1. The SMILES string of the molecule is CCN1CC2CN(C(=O)COC(C)(C)C)CC2C1. The van der Waals surface area contributed by atoms with Gasteiger partial charge in [0.05, 0.1) is 5.60 Å². The van der Waals surface area contributed by atoms with Gasteiger partial charge in [-0.15, -0.1) is 0 Å². The molecule has 4 nitrogen and oxygen atoms in total. The van der Waals surface area contributed by atoms with Crippen LogP contribution in [0.2, 0.25) is 0 Å². The van der Waals surface area contributed by atoms with E-state index in [4.69, 9.17) is 4.74 Å². The predicted molar refractivity (Wildman–Crippen MR) is 71.4 cm³/mol. The first-order valence-electron chi connectivity index (χ1n) is 7.03. The maximum Gasteiger partial charge on any atom is 0.248 e. The molecule has 0 aromatic carbocycles. The Morgan fingerprint density at radius 3 is 2.17 bits per heavy atom. The highest BCUT2D eigenvalue weighted by Crippen LogP contribution is 2.30. The molecular weight excluding hydrogens is 228 g/mol. The monoisotopic (exact) mass is 254 g/mol. The average molecular weight is 254 g/mol. The van der Waals surface area contributed by atoms with Crippen LogP contribution in [0.1, 0.15) is 27.7 Å². The summed E-state index contributed by atoms with van der Waals surface area (Å²) in [6.45, 7) is 13.7. The zero-order valence-corrected chi connectivity index (χ0v) is 12.1. The number of carbonyl (C=O) groups is 1. The van der Waals surface area contributed by atoms with E-state index < -0.39 is 0 Å². The second-order valence-electron chi connectivity index (χ2n) is 6.57. The zero-order chi connectivity index (χ0) is 13.3. The molecule has 0 spiro atoms. The molecule has 2 atom stereocenters. The van der Waals surface area contributed by atoms with Gasteiger partial charge in [-0.2, -0.15) is 0 Å². The molecule has 0 saturated carbocycles. The van der Waals surface area contributed by atoms with Crippen molar-refractivity contribution in [2.45, 2.75) is 33.3 Å². The molecule has 2 saturated heterocycles. The summed E-state index contributed by atoms with van der Waals surface area (Å²) in [7, 11) is 0. The summed E-state index contributed by atoms with van der Waals surface area (Å²) in [5, 5.41) is 0. The standard InChI is InChI=1S/C14H26N2O2/c1-5-15-6-11-8-16(9-12(11)7-15)13(17)10-18-14(2,3)4/h11-12H,5-10H2,1-4H3. The van der Waals surface area contributed by atoms with Crippen LogP contribution < -0.4 is 0 Å². The van der Waals surface area contributed by atoms with Crippen molar-refractivity contribution in [1.82, 2.24) is 9.80 Å². The van der Waals surface area contributed by atoms with E-state index in [1.165, 1.54) is 0 Å². The Hall–Kier alpha value is -0.610. The van der Waals surface area contributed by atoms with Gasteiger partial charge in [-0.1, -0.05) is 6.92 Å². The molecule has 0 aromatic rings. The predicted octanol–water partition coefficient (Wildman–Crippen LogP) is 1.21. The second-order valence-corrected chi connectivity index (χ2v) is 6.57. The van der Waals surface area contributed by atoms with Crippen molar-refractivity contribution < 1.29 is 9.53 Å². The van der Waals surface area contributed by atoms with Gasteiger partial charge in [0.15, 0.2) is 0 Å². The first-order valence-corrected chi connectivity index (χ1v) is 7.03. The fourth-order valence-electron chi connectivity index (χ4n) is 2.92. The highest BCUT2D eigenvalue weighted by atomic mass is 16.5. The van der Waals surface area contributed by atoms with Crippen LogP contribution in [-0.4, -0.2) is 60.6 Å². The molecule has 0 N–H and O–H groups in total. The molecule has 1 amide bonds. The highest BCUT2D eigenvalue weighted by Gasteiger charge is 2.40. The van der Waals surface area contributed by atoms with Gasteiger partial charge in [-0.05, 0) is 39.2 Å². The van der Waals surface area contributed by atoms with Crippen LogP contribution >= 0.6 is 0 Å². The molecule has 104 valence electrons. The minimum absolute atomic E-state index is 0.155. The summed E-state index contributed by atoms with van der Waals surface area (Å²) in [6.07, 6.45) is 0. The van der Waals surface area contributed by atoms with Crippen molar-refractivity contribution in [2.75, 3.05) is 39.3 Å². The normalized spacial score (nSPS) is 28.8. The van der Waals surface area contributed by atoms with Crippen LogP contribution in [0.5, 0.6) is 0 Å². The van der Waals surface area contributed by atoms with Gasteiger partial charge in [0.2, 0.25) is 5.91 Å². The van der Waals surface area contributed by atoms with Crippen LogP contribution in [0.25, 0.3) is 0 Å². The van der Waals surface area contributed by atoms with Crippen LogP contribution in [-0.2, 0) is 9.53 Å². The number of rotatable bonds is 3. The Morgan fingerprint density at radius 1 is 1.17 bits per heavy atom. The lowest BCUT2D eigenvalue weighted by atomic mass is 10.0. The Bertz CT molecular complexity index is 297. The molecule has 18 heavy (non-hydrogen) atoms. The molecule has 2 fully saturated rings. The van der Waals surface area contributed by atoms with E-state index in [9.17, 15) is 4.79 Å². The number of amides is 1. The topological polar surface area (TPSA) is 32.8 Å². The lowest BCUT2D eigenvalue weighted by molar-refractivity contribution is -0.140. The van der Waals surface area contributed by atoms with Crippen molar-refractivity contribution in [2.24, 2.45) is 11.8 Å².